The number of hydrogen-bond acceptors (Lipinski definition) is 4. The van der Waals surface area contributed by atoms with Crippen LogP contribution in [0, 0.1) is 5.92 Å². The van der Waals surface area contributed by atoms with E-state index in [0.717, 1.165) is 31.5 Å². The summed E-state index contributed by atoms with van der Waals surface area (Å²) in [6.45, 7) is 4.01. The number of piperidine rings is 1. The highest BCUT2D eigenvalue weighted by atomic mass is 32.2. The number of carbonyl (C=O) groups is 1. The number of nitrogens with zero attached hydrogens (tertiary/aromatic N) is 2. The van der Waals surface area contributed by atoms with Gasteiger partial charge in [-0.15, -0.1) is 0 Å². The van der Waals surface area contributed by atoms with Crippen molar-refractivity contribution in [3.05, 3.63) is 60.2 Å². The maximum Gasteiger partial charge on any atom is 0.260 e. The second-order valence-electron chi connectivity index (χ2n) is 7.57. The molecule has 1 aliphatic rings. The molecule has 0 aromatic heterocycles. The molecule has 1 heterocycles. The third-order valence-electron chi connectivity index (χ3n) is 5.28. The van der Waals surface area contributed by atoms with Crippen LogP contribution in [0.1, 0.15) is 25.3 Å². The largest absolute Gasteiger partial charge is 0.484 e. The summed E-state index contributed by atoms with van der Waals surface area (Å²) in [6, 6.07) is 15.7. The highest BCUT2D eigenvalue weighted by Gasteiger charge is 2.22. The van der Waals surface area contributed by atoms with Crippen molar-refractivity contribution in [2.45, 2.75) is 31.2 Å². The van der Waals surface area contributed by atoms with Gasteiger partial charge in [0, 0.05) is 26.7 Å². The Bertz CT molecular complexity index is 906. The Hall–Kier alpha value is -2.38. The molecule has 2 aromatic rings. The van der Waals surface area contributed by atoms with Crippen molar-refractivity contribution in [3.63, 3.8) is 0 Å². The van der Waals surface area contributed by atoms with Gasteiger partial charge in [-0.05, 0) is 48.6 Å². The summed E-state index contributed by atoms with van der Waals surface area (Å²) in [4.78, 5) is 14.3. The quantitative estimate of drug-likeness (QED) is 0.695. The Morgan fingerprint density at radius 3 is 2.31 bits per heavy atom. The fraction of sp³-hybridized carbons (Fsp3) is 0.409. The second kappa shape index (κ2) is 9.41. The molecule has 7 heteroatoms. The van der Waals surface area contributed by atoms with E-state index in [1.165, 1.54) is 16.4 Å². The molecule has 0 atom stereocenters. The first-order valence-electron chi connectivity index (χ1n) is 9.87. The summed E-state index contributed by atoms with van der Waals surface area (Å²) >= 11 is 0. The molecule has 0 unspecified atom stereocenters. The maximum absolute atomic E-state index is 12.8. The molecule has 2 aromatic carbocycles. The molecule has 0 aliphatic carbocycles. The topological polar surface area (TPSA) is 66.9 Å². The van der Waals surface area contributed by atoms with Crippen molar-refractivity contribution in [1.82, 2.24) is 9.21 Å². The van der Waals surface area contributed by atoms with Crippen LogP contribution in [0.5, 0.6) is 5.75 Å². The SMILES string of the molecule is CC1CCN(C(=O)COc2ccc(S(=O)(=O)N(C)Cc3ccccc3)cc2)CC1. The van der Waals surface area contributed by atoms with E-state index in [0.29, 0.717) is 18.2 Å². The van der Waals surface area contributed by atoms with Gasteiger partial charge in [-0.1, -0.05) is 37.3 Å². The highest BCUT2D eigenvalue weighted by molar-refractivity contribution is 7.89. The van der Waals surface area contributed by atoms with Crippen molar-refractivity contribution in [2.75, 3.05) is 26.7 Å². The van der Waals surface area contributed by atoms with E-state index < -0.39 is 10.0 Å². The van der Waals surface area contributed by atoms with Gasteiger partial charge in [0.15, 0.2) is 6.61 Å². The second-order valence-corrected chi connectivity index (χ2v) is 9.61. The minimum atomic E-state index is -3.60. The van der Waals surface area contributed by atoms with Crippen molar-refractivity contribution in [2.24, 2.45) is 5.92 Å². The summed E-state index contributed by atoms with van der Waals surface area (Å²) in [5.74, 6) is 1.11. The van der Waals surface area contributed by atoms with Crippen molar-refractivity contribution in [1.29, 1.82) is 0 Å². The predicted molar refractivity (Wildman–Crippen MR) is 112 cm³/mol. The Morgan fingerprint density at radius 1 is 1.07 bits per heavy atom. The van der Waals surface area contributed by atoms with E-state index in [2.05, 4.69) is 6.92 Å². The van der Waals surface area contributed by atoms with Gasteiger partial charge in [0.1, 0.15) is 5.75 Å². The average Bonchev–Trinajstić information content (AvgIpc) is 2.73. The van der Waals surface area contributed by atoms with Crippen LogP contribution in [-0.4, -0.2) is 50.3 Å². The molecule has 0 radical (unpaired) electrons. The minimum absolute atomic E-state index is 0.0313. The van der Waals surface area contributed by atoms with Crippen LogP contribution in [0.3, 0.4) is 0 Å². The van der Waals surface area contributed by atoms with Gasteiger partial charge in [-0.25, -0.2) is 8.42 Å². The van der Waals surface area contributed by atoms with Gasteiger partial charge in [-0.3, -0.25) is 4.79 Å². The molecular weight excluding hydrogens is 388 g/mol. The number of sulfonamides is 1. The summed E-state index contributed by atoms with van der Waals surface area (Å²) in [5, 5.41) is 0. The predicted octanol–water partition coefficient (Wildman–Crippen LogP) is 3.14. The van der Waals surface area contributed by atoms with Crippen molar-refractivity contribution >= 4 is 15.9 Å². The fourth-order valence-electron chi connectivity index (χ4n) is 3.31. The van der Waals surface area contributed by atoms with E-state index >= 15 is 0 Å². The zero-order chi connectivity index (χ0) is 20.9. The maximum atomic E-state index is 12.8. The van der Waals surface area contributed by atoms with Crippen LogP contribution in [0.4, 0.5) is 0 Å². The molecule has 0 N–H and O–H groups in total. The molecule has 0 bridgehead atoms. The third kappa shape index (κ3) is 5.58. The number of likely N-dealkylation sites (tertiary alicyclic amines) is 1. The van der Waals surface area contributed by atoms with E-state index in [9.17, 15) is 13.2 Å². The average molecular weight is 417 g/mol. The lowest BCUT2D eigenvalue weighted by Crippen LogP contribution is -2.40. The van der Waals surface area contributed by atoms with Crippen LogP contribution in [-0.2, 0) is 21.4 Å². The molecule has 6 nitrogen and oxygen atoms in total. The molecular formula is C22H28N2O4S. The number of benzene rings is 2. The highest BCUT2D eigenvalue weighted by Crippen LogP contribution is 2.21. The normalized spacial score (nSPS) is 15.5. The molecule has 1 amide bonds. The van der Waals surface area contributed by atoms with Gasteiger partial charge in [0.25, 0.3) is 5.91 Å². The number of rotatable bonds is 7. The third-order valence-corrected chi connectivity index (χ3v) is 7.10. The van der Waals surface area contributed by atoms with Gasteiger partial charge < -0.3 is 9.64 Å². The summed E-state index contributed by atoms with van der Waals surface area (Å²) in [5.41, 5.74) is 0.921. The van der Waals surface area contributed by atoms with Gasteiger partial charge in [0.05, 0.1) is 4.90 Å². The lowest BCUT2D eigenvalue weighted by molar-refractivity contribution is -0.134. The first kappa shape index (κ1) is 21.3. The lowest BCUT2D eigenvalue weighted by Gasteiger charge is -2.30. The Balaban J connectivity index is 1.56. The van der Waals surface area contributed by atoms with Gasteiger partial charge >= 0.3 is 0 Å². The summed E-state index contributed by atoms with van der Waals surface area (Å²) in [7, 11) is -2.04. The molecule has 0 saturated carbocycles. The molecule has 1 aliphatic heterocycles. The smallest absolute Gasteiger partial charge is 0.260 e. The molecule has 156 valence electrons. The minimum Gasteiger partial charge on any atom is -0.484 e. The number of amides is 1. The van der Waals surface area contributed by atoms with E-state index in [4.69, 9.17) is 4.74 Å². The van der Waals surface area contributed by atoms with Crippen LogP contribution in [0.2, 0.25) is 0 Å². The Kier molecular flexibility index (Phi) is 6.92. The lowest BCUT2D eigenvalue weighted by atomic mass is 9.99. The van der Waals surface area contributed by atoms with Crippen molar-refractivity contribution < 1.29 is 17.9 Å². The summed E-state index contributed by atoms with van der Waals surface area (Å²) in [6.07, 6.45) is 2.05. The Morgan fingerprint density at radius 2 is 1.69 bits per heavy atom. The number of carbonyl (C=O) groups excluding carboxylic acids is 1. The van der Waals surface area contributed by atoms with Gasteiger partial charge in [0.2, 0.25) is 10.0 Å². The number of hydrogen-bond donors (Lipinski definition) is 0. The monoisotopic (exact) mass is 416 g/mol. The van der Waals surface area contributed by atoms with Crippen molar-refractivity contribution in [3.8, 4) is 5.75 Å². The molecule has 1 saturated heterocycles. The van der Waals surface area contributed by atoms with E-state index in [1.807, 2.05) is 35.2 Å². The molecule has 3 rings (SSSR count). The molecule has 29 heavy (non-hydrogen) atoms. The Labute approximate surface area is 173 Å². The zero-order valence-corrected chi connectivity index (χ0v) is 17.8. The number of ether oxygens (including phenoxy) is 1. The van der Waals surface area contributed by atoms with Crippen LogP contribution >= 0.6 is 0 Å². The first-order valence-corrected chi connectivity index (χ1v) is 11.3. The van der Waals surface area contributed by atoms with Gasteiger partial charge in [-0.2, -0.15) is 4.31 Å². The van der Waals surface area contributed by atoms with E-state index in [1.54, 1.807) is 19.2 Å². The molecule has 1 fully saturated rings. The standard InChI is InChI=1S/C22H28N2O4S/c1-18-12-14-24(15-13-18)22(25)17-28-20-8-10-21(11-9-20)29(26,27)23(2)16-19-6-4-3-5-7-19/h3-11,18H,12-17H2,1-2H3. The first-order chi connectivity index (χ1) is 13.9. The van der Waals surface area contributed by atoms with E-state index in [-0.39, 0.29) is 17.4 Å². The summed E-state index contributed by atoms with van der Waals surface area (Å²) < 4.78 is 32.4. The zero-order valence-electron chi connectivity index (χ0n) is 17.0. The van der Waals surface area contributed by atoms with Crippen LogP contribution < -0.4 is 4.74 Å². The fourth-order valence-corrected chi connectivity index (χ4v) is 4.47. The molecule has 0 spiro atoms. The van der Waals surface area contributed by atoms with Crippen LogP contribution in [0.15, 0.2) is 59.5 Å². The van der Waals surface area contributed by atoms with Crippen LogP contribution in [0.25, 0.3) is 0 Å².